The molecule has 6 heteroatoms. The molecule has 0 aliphatic rings. The molecule has 0 atom stereocenters. The quantitative estimate of drug-likeness (QED) is 0.512. The van der Waals surface area contributed by atoms with Crippen molar-refractivity contribution in [1.82, 2.24) is 4.90 Å². The van der Waals surface area contributed by atoms with E-state index in [1.807, 2.05) is 6.07 Å². The number of nitrogens with zero attached hydrogens (tertiary/aromatic N) is 1. The monoisotopic (exact) mass is 349 g/mol. The Morgan fingerprint density at radius 3 is 2.15 bits per heavy atom. The topological polar surface area (TPSA) is 76.8 Å². The number of furan rings is 2. The van der Waals surface area contributed by atoms with Gasteiger partial charge in [-0.15, -0.1) is 0 Å². The molecule has 3 heterocycles. The number of fused-ring (bicyclic) bond motifs is 1. The molecule has 0 saturated heterocycles. The summed E-state index contributed by atoms with van der Waals surface area (Å²) in [6, 6.07) is 15.7. The Balaban J connectivity index is 1.71. The van der Waals surface area contributed by atoms with Crippen LogP contribution in [-0.4, -0.2) is 10.8 Å². The van der Waals surface area contributed by atoms with Crippen LogP contribution < -0.4 is 5.63 Å². The van der Waals surface area contributed by atoms with Gasteiger partial charge in [-0.1, -0.05) is 18.2 Å². The van der Waals surface area contributed by atoms with E-state index in [1.54, 1.807) is 48.5 Å². The Morgan fingerprint density at radius 1 is 0.885 bits per heavy atom. The van der Waals surface area contributed by atoms with Crippen LogP contribution >= 0.6 is 0 Å². The lowest BCUT2D eigenvalue weighted by Gasteiger charge is -2.20. The molecule has 4 aromatic rings. The molecule has 3 aromatic heterocycles. The molecular formula is C20H15NO5. The smallest absolute Gasteiger partial charge is 0.349 e. The maximum absolute atomic E-state index is 13.0. The minimum atomic E-state index is -0.669. The molecule has 0 spiro atoms. The third kappa shape index (κ3) is 3.17. The van der Waals surface area contributed by atoms with E-state index in [0.29, 0.717) is 22.5 Å². The van der Waals surface area contributed by atoms with Crippen LogP contribution in [0, 0.1) is 0 Å². The van der Waals surface area contributed by atoms with Gasteiger partial charge in [-0.2, -0.15) is 0 Å². The van der Waals surface area contributed by atoms with E-state index in [4.69, 9.17) is 13.3 Å². The first-order valence-corrected chi connectivity index (χ1v) is 8.07. The van der Waals surface area contributed by atoms with Gasteiger partial charge in [-0.25, -0.2) is 4.79 Å². The van der Waals surface area contributed by atoms with Gasteiger partial charge in [-0.3, -0.25) is 4.79 Å². The average Bonchev–Trinajstić information content (AvgIpc) is 3.34. The maximum atomic E-state index is 13.0. The van der Waals surface area contributed by atoms with Gasteiger partial charge in [0.1, 0.15) is 22.7 Å². The normalized spacial score (nSPS) is 10.9. The summed E-state index contributed by atoms with van der Waals surface area (Å²) in [6.07, 6.45) is 3.07. The van der Waals surface area contributed by atoms with Gasteiger partial charge in [0.2, 0.25) is 0 Å². The fourth-order valence-electron chi connectivity index (χ4n) is 2.76. The zero-order chi connectivity index (χ0) is 17.9. The Labute approximate surface area is 148 Å². The molecule has 26 heavy (non-hydrogen) atoms. The second-order valence-electron chi connectivity index (χ2n) is 5.81. The van der Waals surface area contributed by atoms with Gasteiger partial charge >= 0.3 is 5.63 Å². The standard InChI is InChI=1S/C20H15NO5/c22-19(17-11-14-5-1-2-8-18(14)26-20(17)23)21(12-15-6-3-9-24-15)13-16-7-4-10-25-16/h1-11H,12-13H2. The molecule has 0 aliphatic carbocycles. The zero-order valence-corrected chi connectivity index (χ0v) is 13.8. The molecular weight excluding hydrogens is 334 g/mol. The molecule has 0 radical (unpaired) electrons. The molecule has 1 aromatic carbocycles. The van der Waals surface area contributed by atoms with Crippen molar-refractivity contribution in [1.29, 1.82) is 0 Å². The predicted octanol–water partition coefficient (Wildman–Crippen LogP) is 3.82. The maximum Gasteiger partial charge on any atom is 0.349 e. The molecule has 0 saturated carbocycles. The third-order valence-electron chi connectivity index (χ3n) is 4.01. The number of hydrogen-bond donors (Lipinski definition) is 0. The zero-order valence-electron chi connectivity index (χ0n) is 13.8. The summed E-state index contributed by atoms with van der Waals surface area (Å²) in [7, 11) is 0. The van der Waals surface area contributed by atoms with E-state index in [1.165, 1.54) is 17.4 Å². The van der Waals surface area contributed by atoms with Crippen LogP contribution in [0.5, 0.6) is 0 Å². The van der Waals surface area contributed by atoms with Crippen LogP contribution in [0.2, 0.25) is 0 Å². The Hall–Kier alpha value is -3.54. The summed E-state index contributed by atoms with van der Waals surface area (Å²) in [5.74, 6) is 0.766. The molecule has 0 unspecified atom stereocenters. The van der Waals surface area contributed by atoms with Gasteiger partial charge in [0.25, 0.3) is 5.91 Å². The van der Waals surface area contributed by atoms with E-state index >= 15 is 0 Å². The van der Waals surface area contributed by atoms with E-state index in [2.05, 4.69) is 0 Å². The average molecular weight is 349 g/mol. The van der Waals surface area contributed by atoms with Crippen molar-refractivity contribution in [2.24, 2.45) is 0 Å². The first kappa shape index (κ1) is 16.0. The summed E-state index contributed by atoms with van der Waals surface area (Å²) in [5, 5.41) is 0.686. The van der Waals surface area contributed by atoms with Gasteiger partial charge in [0, 0.05) is 5.39 Å². The van der Waals surface area contributed by atoms with Crippen molar-refractivity contribution in [3.63, 3.8) is 0 Å². The van der Waals surface area contributed by atoms with Gasteiger partial charge in [0.05, 0.1) is 25.6 Å². The minimum absolute atomic E-state index is 0.0261. The molecule has 0 N–H and O–H groups in total. The summed E-state index contributed by atoms with van der Waals surface area (Å²) >= 11 is 0. The summed E-state index contributed by atoms with van der Waals surface area (Å²) in [5.41, 5.74) is -0.253. The molecule has 130 valence electrons. The SMILES string of the molecule is O=C(c1cc2ccccc2oc1=O)N(Cc1ccco1)Cc1ccco1. The van der Waals surface area contributed by atoms with E-state index in [0.717, 1.165) is 0 Å². The van der Waals surface area contributed by atoms with Crippen molar-refractivity contribution in [2.45, 2.75) is 13.1 Å². The van der Waals surface area contributed by atoms with Gasteiger partial charge < -0.3 is 18.2 Å². The van der Waals surface area contributed by atoms with Crippen molar-refractivity contribution >= 4 is 16.9 Å². The highest BCUT2D eigenvalue weighted by Crippen LogP contribution is 2.17. The number of benzene rings is 1. The number of para-hydroxylation sites is 1. The fraction of sp³-hybridized carbons (Fsp3) is 0.100. The first-order chi connectivity index (χ1) is 12.7. The Morgan fingerprint density at radius 2 is 1.54 bits per heavy atom. The number of rotatable bonds is 5. The van der Waals surface area contributed by atoms with Crippen molar-refractivity contribution < 1.29 is 18.0 Å². The Kier molecular flexibility index (Phi) is 4.15. The van der Waals surface area contributed by atoms with Crippen LogP contribution in [0.4, 0.5) is 0 Å². The molecule has 0 bridgehead atoms. The summed E-state index contributed by atoms with van der Waals surface area (Å²) in [4.78, 5) is 26.9. The third-order valence-corrected chi connectivity index (χ3v) is 4.01. The fourth-order valence-corrected chi connectivity index (χ4v) is 2.76. The van der Waals surface area contributed by atoms with Crippen molar-refractivity contribution in [3.05, 3.63) is 94.6 Å². The molecule has 0 aliphatic heterocycles. The van der Waals surface area contributed by atoms with Crippen LogP contribution in [0.1, 0.15) is 21.9 Å². The summed E-state index contributed by atoms with van der Waals surface area (Å²) < 4.78 is 16.0. The molecule has 0 fully saturated rings. The first-order valence-electron chi connectivity index (χ1n) is 8.07. The highest BCUT2D eigenvalue weighted by Gasteiger charge is 2.23. The molecule has 4 rings (SSSR count). The van der Waals surface area contributed by atoms with Crippen LogP contribution in [0.15, 0.2) is 85.2 Å². The minimum Gasteiger partial charge on any atom is -0.467 e. The molecule has 6 nitrogen and oxygen atoms in total. The summed E-state index contributed by atoms with van der Waals surface area (Å²) in [6.45, 7) is 0.414. The number of carbonyl (C=O) groups is 1. The van der Waals surface area contributed by atoms with Crippen LogP contribution in [0.3, 0.4) is 0 Å². The van der Waals surface area contributed by atoms with Crippen molar-refractivity contribution in [3.8, 4) is 0 Å². The molecule has 1 amide bonds. The number of carbonyl (C=O) groups excluding carboxylic acids is 1. The lowest BCUT2D eigenvalue weighted by Crippen LogP contribution is -2.33. The number of hydrogen-bond acceptors (Lipinski definition) is 5. The van der Waals surface area contributed by atoms with Gasteiger partial charge in [0.15, 0.2) is 0 Å². The lowest BCUT2D eigenvalue weighted by molar-refractivity contribution is 0.0700. The highest BCUT2D eigenvalue weighted by molar-refractivity contribution is 5.96. The van der Waals surface area contributed by atoms with Crippen molar-refractivity contribution in [2.75, 3.05) is 0 Å². The van der Waals surface area contributed by atoms with Gasteiger partial charge in [-0.05, 0) is 36.4 Å². The lowest BCUT2D eigenvalue weighted by atomic mass is 10.1. The van der Waals surface area contributed by atoms with Crippen LogP contribution in [0.25, 0.3) is 11.0 Å². The Bertz CT molecular complexity index is 1040. The highest BCUT2D eigenvalue weighted by atomic mass is 16.4. The van der Waals surface area contributed by atoms with E-state index < -0.39 is 11.5 Å². The van der Waals surface area contributed by atoms with E-state index in [9.17, 15) is 9.59 Å². The number of amides is 1. The van der Waals surface area contributed by atoms with Crippen LogP contribution in [-0.2, 0) is 13.1 Å². The second kappa shape index (κ2) is 6.76. The second-order valence-corrected chi connectivity index (χ2v) is 5.81. The van der Waals surface area contributed by atoms with E-state index in [-0.39, 0.29) is 18.7 Å². The largest absolute Gasteiger partial charge is 0.467 e. The predicted molar refractivity (Wildman–Crippen MR) is 93.5 cm³/mol.